The number of benzene rings is 1. The minimum Gasteiger partial charge on any atom is -0.393 e. The number of hydrogen-bond donors (Lipinski definition) is 1. The number of aliphatic hydroxyl groups excluding tert-OH is 1. The average Bonchev–Trinajstić information content (AvgIpc) is 2.13. The van der Waals surface area contributed by atoms with Crippen molar-refractivity contribution in [3.05, 3.63) is 35.4 Å². The summed E-state index contributed by atoms with van der Waals surface area (Å²) < 4.78 is 25.6. The third-order valence-corrected chi connectivity index (χ3v) is 2.69. The Morgan fingerprint density at radius 2 is 1.87 bits per heavy atom. The second kappa shape index (κ2) is 6.08. The molecule has 0 aliphatic heterocycles. The summed E-state index contributed by atoms with van der Waals surface area (Å²) in [7, 11) is 0. The summed E-state index contributed by atoms with van der Waals surface area (Å²) in [5.74, 6) is -0.344. The van der Waals surface area contributed by atoms with Gasteiger partial charge in [-0.25, -0.2) is 8.78 Å². The fraction of sp³-hybridized carbons (Fsp3) is 0.455. The van der Waals surface area contributed by atoms with Crippen molar-refractivity contribution in [1.82, 2.24) is 0 Å². The maximum absolute atomic E-state index is 12.8. The van der Waals surface area contributed by atoms with E-state index < -0.39 is 17.7 Å². The van der Waals surface area contributed by atoms with Crippen LogP contribution in [0.2, 0.25) is 0 Å². The number of aliphatic hydroxyl groups is 1. The number of thioether (sulfide) groups is 1. The molecule has 0 saturated carbocycles. The Kier molecular flexibility index (Phi) is 5.05. The molecule has 0 heterocycles. The molecule has 1 atom stereocenters. The number of halogens is 2. The van der Waals surface area contributed by atoms with E-state index in [1.807, 2.05) is 6.26 Å². The minimum atomic E-state index is -0.595. The molecule has 0 amide bonds. The summed E-state index contributed by atoms with van der Waals surface area (Å²) in [6, 6.07) is 3.34. The molecule has 1 unspecified atom stereocenters. The van der Waals surface area contributed by atoms with Gasteiger partial charge < -0.3 is 5.11 Å². The molecule has 1 N–H and O–H groups in total. The molecule has 0 radical (unpaired) electrons. The number of rotatable bonds is 5. The first-order valence-corrected chi connectivity index (χ1v) is 6.13. The molecule has 1 aromatic carbocycles. The van der Waals surface area contributed by atoms with Crippen LogP contribution in [0.15, 0.2) is 18.2 Å². The SMILES string of the molecule is CSCCC(O)Cc1cc(F)cc(F)c1. The Balaban J connectivity index is 2.56. The van der Waals surface area contributed by atoms with Crippen molar-refractivity contribution in [2.75, 3.05) is 12.0 Å². The lowest BCUT2D eigenvalue weighted by atomic mass is 10.1. The first-order valence-electron chi connectivity index (χ1n) is 4.74. The Labute approximate surface area is 92.5 Å². The van der Waals surface area contributed by atoms with Gasteiger partial charge in [0.2, 0.25) is 0 Å². The lowest BCUT2D eigenvalue weighted by Crippen LogP contribution is -2.11. The summed E-state index contributed by atoms with van der Waals surface area (Å²) in [6.07, 6.45) is 2.36. The predicted molar refractivity (Wildman–Crippen MR) is 59.1 cm³/mol. The van der Waals surface area contributed by atoms with E-state index in [2.05, 4.69) is 0 Å². The van der Waals surface area contributed by atoms with Crippen molar-refractivity contribution in [3.63, 3.8) is 0 Å². The van der Waals surface area contributed by atoms with Gasteiger partial charge in [0.15, 0.2) is 0 Å². The van der Waals surface area contributed by atoms with E-state index in [0.29, 0.717) is 18.4 Å². The highest BCUT2D eigenvalue weighted by Gasteiger charge is 2.07. The van der Waals surface area contributed by atoms with E-state index in [9.17, 15) is 13.9 Å². The second-order valence-corrected chi connectivity index (χ2v) is 4.40. The normalized spacial score (nSPS) is 12.8. The van der Waals surface area contributed by atoms with Gasteiger partial charge in [-0.1, -0.05) is 0 Å². The molecular weight excluding hydrogens is 218 g/mol. The van der Waals surface area contributed by atoms with Gasteiger partial charge in [0.05, 0.1) is 6.10 Å². The highest BCUT2D eigenvalue weighted by atomic mass is 32.2. The third-order valence-electron chi connectivity index (χ3n) is 2.05. The minimum absolute atomic E-state index is 0.301. The van der Waals surface area contributed by atoms with Crippen molar-refractivity contribution in [3.8, 4) is 0 Å². The van der Waals surface area contributed by atoms with Crippen LogP contribution in [-0.4, -0.2) is 23.2 Å². The summed E-state index contributed by atoms with van der Waals surface area (Å²) in [6.45, 7) is 0. The molecule has 1 nitrogen and oxygen atoms in total. The van der Waals surface area contributed by atoms with Gasteiger partial charge in [0.1, 0.15) is 11.6 Å². The first-order chi connectivity index (χ1) is 7.11. The lowest BCUT2D eigenvalue weighted by Gasteiger charge is -2.09. The smallest absolute Gasteiger partial charge is 0.126 e. The fourth-order valence-electron chi connectivity index (χ4n) is 1.36. The Morgan fingerprint density at radius 1 is 1.27 bits per heavy atom. The molecule has 0 aliphatic rings. The third kappa shape index (κ3) is 4.62. The molecule has 4 heteroatoms. The molecule has 0 bridgehead atoms. The fourth-order valence-corrected chi connectivity index (χ4v) is 1.86. The second-order valence-electron chi connectivity index (χ2n) is 3.42. The van der Waals surface area contributed by atoms with Gasteiger partial charge in [-0.05, 0) is 42.5 Å². The highest BCUT2D eigenvalue weighted by molar-refractivity contribution is 7.98. The van der Waals surface area contributed by atoms with Crippen LogP contribution < -0.4 is 0 Å². The van der Waals surface area contributed by atoms with E-state index in [1.165, 1.54) is 12.1 Å². The van der Waals surface area contributed by atoms with Gasteiger partial charge in [-0.2, -0.15) is 11.8 Å². The summed E-state index contributed by atoms with van der Waals surface area (Å²) >= 11 is 1.64. The van der Waals surface area contributed by atoms with Crippen LogP contribution in [0.5, 0.6) is 0 Å². The van der Waals surface area contributed by atoms with Crippen LogP contribution in [0.4, 0.5) is 8.78 Å². The van der Waals surface area contributed by atoms with Crippen LogP contribution >= 0.6 is 11.8 Å². The van der Waals surface area contributed by atoms with Crippen molar-refractivity contribution >= 4 is 11.8 Å². The molecule has 0 fully saturated rings. The zero-order valence-corrected chi connectivity index (χ0v) is 9.36. The molecule has 0 saturated heterocycles. The highest BCUT2D eigenvalue weighted by Crippen LogP contribution is 2.12. The van der Waals surface area contributed by atoms with Crippen LogP contribution in [0.1, 0.15) is 12.0 Å². The zero-order valence-electron chi connectivity index (χ0n) is 8.54. The zero-order chi connectivity index (χ0) is 11.3. The van der Waals surface area contributed by atoms with E-state index in [-0.39, 0.29) is 0 Å². The average molecular weight is 232 g/mol. The first kappa shape index (κ1) is 12.5. The molecule has 84 valence electrons. The lowest BCUT2D eigenvalue weighted by molar-refractivity contribution is 0.172. The topological polar surface area (TPSA) is 20.2 Å². The summed E-state index contributed by atoms with van der Waals surface area (Å²) in [4.78, 5) is 0. The van der Waals surface area contributed by atoms with Gasteiger partial charge in [0, 0.05) is 6.07 Å². The quantitative estimate of drug-likeness (QED) is 0.842. The van der Waals surface area contributed by atoms with Crippen molar-refractivity contribution in [1.29, 1.82) is 0 Å². The van der Waals surface area contributed by atoms with Gasteiger partial charge in [0.25, 0.3) is 0 Å². The van der Waals surface area contributed by atoms with Gasteiger partial charge in [-0.15, -0.1) is 0 Å². The maximum Gasteiger partial charge on any atom is 0.126 e. The summed E-state index contributed by atoms with van der Waals surface area (Å²) in [5, 5.41) is 9.56. The van der Waals surface area contributed by atoms with Gasteiger partial charge >= 0.3 is 0 Å². The van der Waals surface area contributed by atoms with Gasteiger partial charge in [-0.3, -0.25) is 0 Å². The predicted octanol–water partition coefficient (Wildman–Crippen LogP) is 2.62. The largest absolute Gasteiger partial charge is 0.393 e. The van der Waals surface area contributed by atoms with E-state index in [0.717, 1.165) is 11.8 Å². The van der Waals surface area contributed by atoms with E-state index in [4.69, 9.17) is 0 Å². The molecule has 1 aromatic rings. The van der Waals surface area contributed by atoms with Crippen LogP contribution in [-0.2, 0) is 6.42 Å². The maximum atomic E-state index is 12.8. The van der Waals surface area contributed by atoms with E-state index >= 15 is 0 Å². The van der Waals surface area contributed by atoms with E-state index in [1.54, 1.807) is 11.8 Å². The molecular formula is C11H14F2OS. The molecule has 0 aromatic heterocycles. The Bertz CT molecular complexity index is 297. The standard InChI is InChI=1S/C11H14F2OS/c1-15-3-2-11(14)6-8-4-9(12)7-10(13)5-8/h4-5,7,11,14H,2-3,6H2,1H3. The molecule has 15 heavy (non-hydrogen) atoms. The Morgan fingerprint density at radius 3 is 2.40 bits per heavy atom. The van der Waals surface area contributed by atoms with Crippen molar-refractivity contribution < 1.29 is 13.9 Å². The van der Waals surface area contributed by atoms with Crippen LogP contribution in [0, 0.1) is 11.6 Å². The summed E-state index contributed by atoms with van der Waals surface area (Å²) in [5.41, 5.74) is 0.501. The van der Waals surface area contributed by atoms with Crippen molar-refractivity contribution in [2.45, 2.75) is 18.9 Å². The monoisotopic (exact) mass is 232 g/mol. The van der Waals surface area contributed by atoms with Crippen LogP contribution in [0.3, 0.4) is 0 Å². The molecule has 0 aliphatic carbocycles. The van der Waals surface area contributed by atoms with Crippen molar-refractivity contribution in [2.24, 2.45) is 0 Å². The molecule has 1 rings (SSSR count). The molecule has 0 spiro atoms. The number of hydrogen-bond acceptors (Lipinski definition) is 2. The Hall–Kier alpha value is -0.610. The van der Waals surface area contributed by atoms with Crippen LogP contribution in [0.25, 0.3) is 0 Å².